The quantitative estimate of drug-likeness (QED) is 0.451. The number of H-pyrrole nitrogens is 2. The molecule has 2 aromatic carbocycles. The lowest BCUT2D eigenvalue weighted by Crippen LogP contribution is -2.17. The van der Waals surface area contributed by atoms with Crippen molar-refractivity contribution in [1.82, 2.24) is 15.2 Å². The van der Waals surface area contributed by atoms with Crippen LogP contribution in [0.3, 0.4) is 0 Å². The van der Waals surface area contributed by atoms with Gasteiger partial charge in [-0.25, -0.2) is 5.10 Å². The summed E-state index contributed by atoms with van der Waals surface area (Å²) in [6, 6.07) is 15.9. The first-order valence-corrected chi connectivity index (χ1v) is 9.18. The van der Waals surface area contributed by atoms with Crippen molar-refractivity contribution in [3.05, 3.63) is 92.5 Å². The van der Waals surface area contributed by atoms with Gasteiger partial charge in [-0.2, -0.15) is 5.10 Å². The zero-order valence-electron chi connectivity index (χ0n) is 14.2. The second-order valence-corrected chi connectivity index (χ2v) is 6.96. The highest BCUT2D eigenvalue weighted by molar-refractivity contribution is 6.33. The number of nitrogens with one attached hydrogen (secondary N) is 3. The molecule has 0 bridgehead atoms. The van der Waals surface area contributed by atoms with Crippen LogP contribution in [0.2, 0.25) is 10.0 Å². The zero-order chi connectivity index (χ0) is 18.8. The standard InChI is InChI=1S/C20H16Cl2N4O/c21-16-7-3-1-5-12(16)14(9-24-18-11-25-26-20(27)19(18)22)15-10-23-17-8-4-2-6-13(15)17/h1-8,10-11,14,23H,9H2,(H2,24,26,27)/t14-/m0/s1. The van der Waals surface area contributed by atoms with Crippen LogP contribution < -0.4 is 10.9 Å². The van der Waals surface area contributed by atoms with Gasteiger partial charge in [-0.3, -0.25) is 4.79 Å². The largest absolute Gasteiger partial charge is 0.381 e. The van der Waals surface area contributed by atoms with Crippen LogP contribution in [0.4, 0.5) is 5.69 Å². The molecule has 4 rings (SSSR count). The summed E-state index contributed by atoms with van der Waals surface area (Å²) >= 11 is 12.6. The molecular weight excluding hydrogens is 383 g/mol. The first-order valence-electron chi connectivity index (χ1n) is 8.42. The summed E-state index contributed by atoms with van der Waals surface area (Å²) in [6.07, 6.45) is 3.50. The van der Waals surface area contributed by atoms with Gasteiger partial charge in [0.1, 0.15) is 5.02 Å². The average molecular weight is 399 g/mol. The number of hydrogen-bond acceptors (Lipinski definition) is 3. The van der Waals surface area contributed by atoms with Crippen molar-refractivity contribution in [3.63, 3.8) is 0 Å². The summed E-state index contributed by atoms with van der Waals surface area (Å²) in [5, 5.41) is 11.3. The Morgan fingerprint density at radius 3 is 2.67 bits per heavy atom. The molecule has 27 heavy (non-hydrogen) atoms. The van der Waals surface area contributed by atoms with E-state index >= 15 is 0 Å². The van der Waals surface area contributed by atoms with E-state index < -0.39 is 5.56 Å². The fourth-order valence-corrected chi connectivity index (χ4v) is 3.67. The lowest BCUT2D eigenvalue weighted by Gasteiger charge is -2.20. The Balaban J connectivity index is 1.76. The lowest BCUT2D eigenvalue weighted by atomic mass is 9.90. The third kappa shape index (κ3) is 3.44. The average Bonchev–Trinajstić information content (AvgIpc) is 3.10. The molecule has 5 nitrogen and oxygen atoms in total. The topological polar surface area (TPSA) is 73.6 Å². The Kier molecular flexibility index (Phi) is 4.88. The molecule has 2 heterocycles. The van der Waals surface area contributed by atoms with E-state index in [0.717, 1.165) is 22.0 Å². The van der Waals surface area contributed by atoms with Gasteiger partial charge in [0.2, 0.25) is 0 Å². The number of benzene rings is 2. The van der Waals surface area contributed by atoms with Crippen molar-refractivity contribution < 1.29 is 0 Å². The van der Waals surface area contributed by atoms with E-state index in [9.17, 15) is 4.79 Å². The predicted octanol–water partition coefficient (Wildman–Crippen LogP) is 4.80. The molecule has 3 N–H and O–H groups in total. The maximum atomic E-state index is 11.7. The van der Waals surface area contributed by atoms with E-state index in [1.165, 1.54) is 6.20 Å². The minimum atomic E-state index is -0.428. The Morgan fingerprint density at radius 1 is 1.04 bits per heavy atom. The van der Waals surface area contributed by atoms with E-state index in [-0.39, 0.29) is 10.9 Å². The number of aromatic nitrogens is 3. The smallest absolute Gasteiger partial charge is 0.285 e. The molecule has 2 aromatic heterocycles. The summed E-state index contributed by atoms with van der Waals surface area (Å²) in [5.41, 5.74) is 3.21. The molecule has 0 unspecified atom stereocenters. The highest BCUT2D eigenvalue weighted by atomic mass is 35.5. The van der Waals surface area contributed by atoms with Crippen molar-refractivity contribution in [3.8, 4) is 0 Å². The van der Waals surface area contributed by atoms with Gasteiger partial charge in [-0.15, -0.1) is 0 Å². The molecule has 0 amide bonds. The summed E-state index contributed by atoms with van der Waals surface area (Å²) in [6.45, 7) is 0.496. The van der Waals surface area contributed by atoms with Gasteiger partial charge in [0.25, 0.3) is 5.56 Å². The Labute approximate surface area is 165 Å². The number of rotatable bonds is 5. The van der Waals surface area contributed by atoms with Crippen LogP contribution in [0.25, 0.3) is 10.9 Å². The maximum Gasteiger partial charge on any atom is 0.285 e. The van der Waals surface area contributed by atoms with Crippen LogP contribution in [0, 0.1) is 0 Å². The SMILES string of the molecule is O=c1[nH]ncc(NC[C@@H](c2ccccc2Cl)c2c[nH]c3ccccc23)c1Cl. The van der Waals surface area contributed by atoms with Gasteiger partial charge >= 0.3 is 0 Å². The number of para-hydroxylation sites is 1. The van der Waals surface area contributed by atoms with Gasteiger partial charge in [0.05, 0.1) is 11.9 Å². The number of aromatic amines is 2. The zero-order valence-corrected chi connectivity index (χ0v) is 15.7. The van der Waals surface area contributed by atoms with E-state index in [1.807, 2.05) is 48.7 Å². The third-order valence-corrected chi connectivity index (χ3v) is 5.29. The molecule has 0 aliphatic rings. The minimum Gasteiger partial charge on any atom is -0.381 e. The molecule has 0 aliphatic carbocycles. The van der Waals surface area contributed by atoms with Crippen molar-refractivity contribution in [2.24, 2.45) is 0 Å². The van der Waals surface area contributed by atoms with E-state index in [2.05, 4.69) is 26.6 Å². The van der Waals surface area contributed by atoms with Crippen LogP contribution >= 0.6 is 23.2 Å². The second-order valence-electron chi connectivity index (χ2n) is 6.17. The van der Waals surface area contributed by atoms with Crippen molar-refractivity contribution in [2.45, 2.75) is 5.92 Å². The van der Waals surface area contributed by atoms with Gasteiger partial charge in [0, 0.05) is 34.6 Å². The van der Waals surface area contributed by atoms with E-state index in [1.54, 1.807) is 0 Å². The molecule has 4 aromatic rings. The van der Waals surface area contributed by atoms with Crippen LogP contribution in [-0.2, 0) is 0 Å². The number of anilines is 1. The summed E-state index contributed by atoms with van der Waals surface area (Å²) in [4.78, 5) is 15.0. The van der Waals surface area contributed by atoms with Gasteiger partial charge < -0.3 is 10.3 Å². The molecular formula is C20H16Cl2N4O. The molecule has 0 fully saturated rings. The van der Waals surface area contributed by atoms with Crippen molar-refractivity contribution in [1.29, 1.82) is 0 Å². The van der Waals surface area contributed by atoms with Gasteiger partial charge in [-0.1, -0.05) is 59.6 Å². The van der Waals surface area contributed by atoms with Crippen LogP contribution in [0.1, 0.15) is 17.0 Å². The maximum absolute atomic E-state index is 11.7. The highest BCUT2D eigenvalue weighted by Gasteiger charge is 2.21. The van der Waals surface area contributed by atoms with E-state index in [0.29, 0.717) is 17.3 Å². The monoisotopic (exact) mass is 398 g/mol. The summed E-state index contributed by atoms with van der Waals surface area (Å²) in [7, 11) is 0. The Hall–Kier alpha value is -2.76. The highest BCUT2D eigenvalue weighted by Crippen LogP contribution is 2.34. The molecule has 7 heteroatoms. The molecule has 0 saturated carbocycles. The van der Waals surface area contributed by atoms with E-state index in [4.69, 9.17) is 23.2 Å². The molecule has 0 saturated heterocycles. The minimum absolute atomic E-state index is 0.0507. The second kappa shape index (κ2) is 7.47. The lowest BCUT2D eigenvalue weighted by molar-refractivity contribution is 0.856. The molecule has 136 valence electrons. The van der Waals surface area contributed by atoms with Crippen molar-refractivity contribution in [2.75, 3.05) is 11.9 Å². The third-order valence-electron chi connectivity index (χ3n) is 4.57. The van der Waals surface area contributed by atoms with Gasteiger partial charge in [0.15, 0.2) is 0 Å². The fourth-order valence-electron chi connectivity index (χ4n) is 3.25. The molecule has 1 atom stereocenters. The Bertz CT molecular complexity index is 1150. The number of fused-ring (bicyclic) bond motifs is 1. The van der Waals surface area contributed by atoms with Gasteiger partial charge in [-0.05, 0) is 23.3 Å². The summed E-state index contributed by atoms with van der Waals surface area (Å²) < 4.78 is 0. The molecule has 0 radical (unpaired) electrons. The van der Waals surface area contributed by atoms with Crippen LogP contribution in [0.5, 0.6) is 0 Å². The predicted molar refractivity (Wildman–Crippen MR) is 110 cm³/mol. The normalized spacial score (nSPS) is 12.2. The fraction of sp³-hybridized carbons (Fsp3) is 0.100. The first-order chi connectivity index (χ1) is 13.1. The molecule has 0 spiro atoms. The van der Waals surface area contributed by atoms with Crippen molar-refractivity contribution >= 4 is 39.8 Å². The van der Waals surface area contributed by atoms with Crippen LogP contribution in [0.15, 0.2) is 65.7 Å². The molecule has 0 aliphatic heterocycles. The summed E-state index contributed by atoms with van der Waals surface area (Å²) in [5.74, 6) is -0.0507. The number of hydrogen-bond donors (Lipinski definition) is 3. The van der Waals surface area contributed by atoms with Crippen LogP contribution in [-0.4, -0.2) is 21.7 Å². The Morgan fingerprint density at radius 2 is 1.81 bits per heavy atom. The number of halogens is 2. The first kappa shape index (κ1) is 17.6. The number of nitrogens with zero attached hydrogens (tertiary/aromatic N) is 1.